The first-order chi connectivity index (χ1) is 10.6. The average Bonchev–Trinajstić information content (AvgIpc) is 2.95. The Balaban J connectivity index is 1.82. The molecule has 1 nitrogen and oxygen atoms in total. The molecule has 0 bridgehead atoms. The van der Waals surface area contributed by atoms with Gasteiger partial charge >= 0.3 is 0 Å². The van der Waals surface area contributed by atoms with Gasteiger partial charge in [0.1, 0.15) is 0 Å². The second-order valence-corrected chi connectivity index (χ2v) is 16.4. The average molecular weight is 338 g/mol. The fraction of sp³-hybridized carbons (Fsp3) is 1.00. The molecule has 0 aromatic heterocycles. The molecule has 23 heavy (non-hydrogen) atoms. The molecule has 1 saturated carbocycles. The van der Waals surface area contributed by atoms with Crippen LogP contribution in [0.25, 0.3) is 0 Å². The largest absolute Gasteiger partial charge is 0.313 e. The van der Waals surface area contributed by atoms with Crippen LogP contribution in [0.5, 0.6) is 0 Å². The second-order valence-electron chi connectivity index (χ2n) is 10.8. The van der Waals surface area contributed by atoms with Gasteiger partial charge in [0.05, 0.1) is 0 Å². The molecule has 2 atom stereocenters. The van der Waals surface area contributed by atoms with Crippen molar-refractivity contribution in [1.29, 1.82) is 0 Å². The summed E-state index contributed by atoms with van der Waals surface area (Å²) in [4.78, 5) is 0. The SMILES string of the molecule is CC(C)CCC(C)(C)C1CNC(C2CCC([Si](C)(C)C)CC2)C1. The maximum atomic E-state index is 3.94. The molecule has 0 amide bonds. The highest BCUT2D eigenvalue weighted by molar-refractivity contribution is 6.77. The summed E-state index contributed by atoms with van der Waals surface area (Å²) >= 11 is 0. The summed E-state index contributed by atoms with van der Waals surface area (Å²) in [5.74, 6) is 2.70. The van der Waals surface area contributed by atoms with Crippen LogP contribution in [0.4, 0.5) is 0 Å². The van der Waals surface area contributed by atoms with Gasteiger partial charge in [0.15, 0.2) is 0 Å². The zero-order valence-electron chi connectivity index (χ0n) is 17.0. The monoisotopic (exact) mass is 337 g/mol. The van der Waals surface area contributed by atoms with Crippen LogP contribution in [0.1, 0.15) is 72.6 Å². The summed E-state index contributed by atoms with van der Waals surface area (Å²) in [5, 5.41) is 3.94. The molecule has 1 aliphatic heterocycles. The highest BCUT2D eigenvalue weighted by Crippen LogP contribution is 2.44. The maximum Gasteiger partial charge on any atom is 0.0473 e. The molecule has 1 aliphatic carbocycles. The molecule has 0 aromatic carbocycles. The predicted octanol–water partition coefficient (Wildman–Crippen LogP) is 6.33. The van der Waals surface area contributed by atoms with Gasteiger partial charge in [-0.3, -0.25) is 0 Å². The lowest BCUT2D eigenvalue weighted by molar-refractivity contribution is 0.187. The lowest BCUT2D eigenvalue weighted by Crippen LogP contribution is -2.37. The number of nitrogens with one attached hydrogen (secondary N) is 1. The summed E-state index contributed by atoms with van der Waals surface area (Å²) in [5.41, 5.74) is 1.60. The van der Waals surface area contributed by atoms with Gasteiger partial charge in [-0.25, -0.2) is 0 Å². The van der Waals surface area contributed by atoms with Gasteiger partial charge in [-0.15, -0.1) is 0 Å². The molecular formula is C21H43NSi. The molecule has 2 aliphatic rings. The van der Waals surface area contributed by atoms with E-state index in [4.69, 9.17) is 0 Å². The van der Waals surface area contributed by atoms with Crippen LogP contribution in [-0.4, -0.2) is 20.7 Å². The zero-order chi connectivity index (χ0) is 17.3. The third-order valence-corrected chi connectivity index (χ3v) is 10.2. The normalized spacial score (nSPS) is 33.4. The molecule has 1 saturated heterocycles. The Morgan fingerprint density at radius 3 is 2.17 bits per heavy atom. The molecule has 2 rings (SSSR count). The molecule has 2 unspecified atom stereocenters. The number of rotatable bonds is 6. The van der Waals surface area contributed by atoms with Crippen molar-refractivity contribution in [3.63, 3.8) is 0 Å². The van der Waals surface area contributed by atoms with E-state index in [1.807, 2.05) is 0 Å². The molecule has 1 N–H and O–H groups in total. The summed E-state index contributed by atoms with van der Waals surface area (Å²) in [6.07, 6.45) is 10.2. The molecule has 2 fully saturated rings. The van der Waals surface area contributed by atoms with Crippen LogP contribution in [0.15, 0.2) is 0 Å². The van der Waals surface area contributed by atoms with E-state index in [-0.39, 0.29) is 0 Å². The van der Waals surface area contributed by atoms with Crippen LogP contribution in [-0.2, 0) is 0 Å². The lowest BCUT2D eigenvalue weighted by atomic mass is 9.72. The molecule has 2 heteroatoms. The standard InChI is InChI=1S/C21H43NSi/c1-16(2)12-13-21(3,4)18-14-20(22-15-18)17-8-10-19(11-9-17)23(5,6)7/h16-20,22H,8-15H2,1-7H3. The van der Waals surface area contributed by atoms with Gasteiger partial charge in [0, 0.05) is 14.1 Å². The Hall–Kier alpha value is 0.177. The van der Waals surface area contributed by atoms with Crippen LogP contribution in [0, 0.1) is 23.2 Å². The first kappa shape index (κ1) is 19.5. The Morgan fingerprint density at radius 1 is 1.04 bits per heavy atom. The van der Waals surface area contributed by atoms with E-state index >= 15 is 0 Å². The minimum absolute atomic E-state index is 0.515. The molecule has 1 heterocycles. The van der Waals surface area contributed by atoms with Crippen molar-refractivity contribution in [2.75, 3.05) is 6.54 Å². The minimum atomic E-state index is -0.911. The molecule has 0 radical (unpaired) electrons. The highest BCUT2D eigenvalue weighted by atomic mass is 28.3. The molecule has 136 valence electrons. The van der Waals surface area contributed by atoms with Crippen molar-refractivity contribution in [3.8, 4) is 0 Å². The van der Waals surface area contributed by atoms with E-state index < -0.39 is 8.07 Å². The number of hydrogen-bond donors (Lipinski definition) is 1. The van der Waals surface area contributed by atoms with E-state index in [9.17, 15) is 0 Å². The van der Waals surface area contributed by atoms with Gasteiger partial charge in [-0.1, -0.05) is 66.6 Å². The van der Waals surface area contributed by atoms with Crippen LogP contribution < -0.4 is 5.32 Å². The number of hydrogen-bond acceptors (Lipinski definition) is 1. The van der Waals surface area contributed by atoms with Crippen molar-refractivity contribution in [1.82, 2.24) is 5.32 Å². The van der Waals surface area contributed by atoms with Crippen LogP contribution in [0.2, 0.25) is 25.2 Å². The summed E-state index contributed by atoms with van der Waals surface area (Å²) in [7, 11) is -0.911. The fourth-order valence-electron chi connectivity index (χ4n) is 4.97. The quantitative estimate of drug-likeness (QED) is 0.559. The van der Waals surface area contributed by atoms with Crippen molar-refractivity contribution in [3.05, 3.63) is 0 Å². The van der Waals surface area contributed by atoms with Gasteiger partial charge < -0.3 is 5.32 Å². The van der Waals surface area contributed by atoms with Crippen molar-refractivity contribution in [2.24, 2.45) is 23.2 Å². The highest BCUT2D eigenvalue weighted by Gasteiger charge is 2.40. The first-order valence-electron chi connectivity index (χ1n) is 10.3. The van der Waals surface area contributed by atoms with E-state index in [0.29, 0.717) is 5.41 Å². The van der Waals surface area contributed by atoms with Gasteiger partial charge in [-0.2, -0.15) is 0 Å². The summed E-state index contributed by atoms with van der Waals surface area (Å²) in [6.45, 7) is 18.7. The van der Waals surface area contributed by atoms with Crippen LogP contribution >= 0.6 is 0 Å². The third-order valence-electron chi connectivity index (χ3n) is 7.20. The van der Waals surface area contributed by atoms with E-state index in [0.717, 1.165) is 29.3 Å². The van der Waals surface area contributed by atoms with E-state index in [1.165, 1.54) is 51.5 Å². The van der Waals surface area contributed by atoms with Gasteiger partial charge in [-0.05, 0) is 60.9 Å². The van der Waals surface area contributed by atoms with Crippen molar-refractivity contribution < 1.29 is 0 Å². The Morgan fingerprint density at radius 2 is 1.65 bits per heavy atom. The minimum Gasteiger partial charge on any atom is -0.313 e. The van der Waals surface area contributed by atoms with Crippen molar-refractivity contribution >= 4 is 8.07 Å². The predicted molar refractivity (Wildman–Crippen MR) is 107 cm³/mol. The van der Waals surface area contributed by atoms with Gasteiger partial charge in [0.25, 0.3) is 0 Å². The van der Waals surface area contributed by atoms with Crippen molar-refractivity contribution in [2.45, 2.75) is 104 Å². The third kappa shape index (κ3) is 5.32. The Kier molecular flexibility index (Phi) is 6.44. The zero-order valence-corrected chi connectivity index (χ0v) is 18.0. The fourth-order valence-corrected chi connectivity index (χ4v) is 7.04. The second kappa shape index (κ2) is 7.60. The Labute approximate surface area is 147 Å². The molecular weight excluding hydrogens is 294 g/mol. The Bertz CT molecular complexity index is 361. The van der Waals surface area contributed by atoms with E-state index in [2.05, 4.69) is 52.7 Å². The van der Waals surface area contributed by atoms with E-state index in [1.54, 1.807) is 0 Å². The lowest BCUT2D eigenvalue weighted by Gasteiger charge is -2.38. The first-order valence-corrected chi connectivity index (χ1v) is 13.9. The topological polar surface area (TPSA) is 12.0 Å². The summed E-state index contributed by atoms with van der Waals surface area (Å²) < 4.78 is 0. The smallest absolute Gasteiger partial charge is 0.0473 e. The van der Waals surface area contributed by atoms with Crippen LogP contribution in [0.3, 0.4) is 0 Å². The maximum absolute atomic E-state index is 3.94. The molecule has 0 aromatic rings. The molecule has 0 spiro atoms. The summed E-state index contributed by atoms with van der Waals surface area (Å²) in [6, 6.07) is 0.820. The van der Waals surface area contributed by atoms with Gasteiger partial charge in [0.2, 0.25) is 0 Å².